The molecule has 0 aromatic heterocycles. The van der Waals surface area contributed by atoms with Crippen LogP contribution in [0, 0.1) is 11.8 Å². The van der Waals surface area contributed by atoms with E-state index >= 15 is 0 Å². The van der Waals surface area contributed by atoms with Gasteiger partial charge >= 0.3 is 0 Å². The SMILES string of the molecule is CCCCN(C)C[C@H](CC1CCCCC1)NC(=O)[C@H](CC(C)C)NC(=O)Cc1ccccc1. The van der Waals surface area contributed by atoms with Gasteiger partial charge in [0.15, 0.2) is 0 Å². The Morgan fingerprint density at radius 1 is 1.06 bits per heavy atom. The molecule has 2 N–H and O–H groups in total. The lowest BCUT2D eigenvalue weighted by atomic mass is 9.84. The Bertz CT molecular complexity index is 686. The molecule has 0 unspecified atom stereocenters. The van der Waals surface area contributed by atoms with Gasteiger partial charge in [-0.25, -0.2) is 0 Å². The van der Waals surface area contributed by atoms with Crippen LogP contribution in [0.4, 0.5) is 0 Å². The Labute approximate surface area is 202 Å². The Morgan fingerprint density at radius 3 is 2.39 bits per heavy atom. The predicted octanol–water partition coefficient (Wildman–Crippen LogP) is 4.95. The fraction of sp³-hybridized carbons (Fsp3) is 0.714. The van der Waals surface area contributed by atoms with Crippen molar-refractivity contribution in [3.63, 3.8) is 0 Å². The summed E-state index contributed by atoms with van der Waals surface area (Å²) in [5, 5.41) is 6.38. The Hall–Kier alpha value is -1.88. The molecule has 1 aliphatic carbocycles. The van der Waals surface area contributed by atoms with Crippen molar-refractivity contribution >= 4 is 11.8 Å². The van der Waals surface area contributed by atoms with Crippen molar-refractivity contribution in [2.45, 2.75) is 97.1 Å². The maximum Gasteiger partial charge on any atom is 0.242 e. The van der Waals surface area contributed by atoms with Crippen LogP contribution in [0.1, 0.15) is 84.1 Å². The fourth-order valence-electron chi connectivity index (χ4n) is 4.93. The van der Waals surface area contributed by atoms with Crippen LogP contribution in [0.3, 0.4) is 0 Å². The second-order valence-electron chi connectivity index (χ2n) is 10.5. The van der Waals surface area contributed by atoms with Gasteiger partial charge in [-0.2, -0.15) is 0 Å². The van der Waals surface area contributed by atoms with Crippen LogP contribution in [-0.4, -0.2) is 48.9 Å². The number of rotatable bonds is 14. The Kier molecular flexibility index (Phi) is 12.5. The van der Waals surface area contributed by atoms with Crippen molar-refractivity contribution in [2.24, 2.45) is 11.8 Å². The zero-order valence-electron chi connectivity index (χ0n) is 21.4. The summed E-state index contributed by atoms with van der Waals surface area (Å²) < 4.78 is 0. The third-order valence-corrected chi connectivity index (χ3v) is 6.68. The average Bonchev–Trinajstić information content (AvgIpc) is 2.78. The first-order valence-electron chi connectivity index (χ1n) is 13.2. The van der Waals surface area contributed by atoms with Crippen molar-refractivity contribution in [1.82, 2.24) is 15.5 Å². The van der Waals surface area contributed by atoms with Crippen molar-refractivity contribution in [2.75, 3.05) is 20.1 Å². The lowest BCUT2D eigenvalue weighted by Gasteiger charge is -2.31. The number of hydrogen-bond acceptors (Lipinski definition) is 3. The number of amides is 2. The molecule has 2 rings (SSSR count). The minimum absolute atomic E-state index is 0.0326. The minimum Gasteiger partial charge on any atom is -0.350 e. The highest BCUT2D eigenvalue weighted by Crippen LogP contribution is 2.27. The van der Waals surface area contributed by atoms with Crippen LogP contribution in [0.5, 0.6) is 0 Å². The molecule has 33 heavy (non-hydrogen) atoms. The van der Waals surface area contributed by atoms with E-state index in [9.17, 15) is 9.59 Å². The van der Waals surface area contributed by atoms with E-state index in [1.54, 1.807) is 0 Å². The van der Waals surface area contributed by atoms with Gasteiger partial charge in [-0.3, -0.25) is 9.59 Å². The number of likely N-dealkylation sites (N-methyl/N-ethyl adjacent to an activating group) is 1. The first-order valence-corrected chi connectivity index (χ1v) is 13.2. The molecule has 0 saturated heterocycles. The van der Waals surface area contributed by atoms with E-state index in [0.29, 0.717) is 24.7 Å². The van der Waals surface area contributed by atoms with Crippen LogP contribution < -0.4 is 10.6 Å². The maximum absolute atomic E-state index is 13.4. The van der Waals surface area contributed by atoms with Crippen LogP contribution in [-0.2, 0) is 16.0 Å². The molecule has 1 fully saturated rings. The topological polar surface area (TPSA) is 61.4 Å². The monoisotopic (exact) mass is 457 g/mol. The summed E-state index contributed by atoms with van der Waals surface area (Å²) in [6, 6.07) is 9.35. The predicted molar refractivity (Wildman–Crippen MR) is 137 cm³/mol. The highest BCUT2D eigenvalue weighted by Gasteiger charge is 2.27. The van der Waals surface area contributed by atoms with E-state index in [2.05, 4.69) is 43.4 Å². The molecule has 2 amide bonds. The van der Waals surface area contributed by atoms with Crippen molar-refractivity contribution < 1.29 is 9.59 Å². The van der Waals surface area contributed by atoms with E-state index in [4.69, 9.17) is 0 Å². The third kappa shape index (κ3) is 11.2. The van der Waals surface area contributed by atoms with Gasteiger partial charge < -0.3 is 15.5 Å². The van der Waals surface area contributed by atoms with Gasteiger partial charge in [-0.1, -0.05) is 89.6 Å². The summed E-state index contributed by atoms with van der Waals surface area (Å²) in [4.78, 5) is 28.4. The van der Waals surface area contributed by atoms with Crippen LogP contribution in [0.15, 0.2) is 30.3 Å². The van der Waals surface area contributed by atoms with Crippen molar-refractivity contribution in [3.8, 4) is 0 Å². The number of unbranched alkanes of at least 4 members (excludes halogenated alkanes) is 1. The number of nitrogens with zero attached hydrogens (tertiary/aromatic N) is 1. The van der Waals surface area contributed by atoms with E-state index in [-0.39, 0.29) is 17.9 Å². The molecule has 1 aromatic carbocycles. The quantitative estimate of drug-likeness (QED) is 0.416. The third-order valence-electron chi connectivity index (χ3n) is 6.68. The van der Waals surface area contributed by atoms with Gasteiger partial charge in [0.1, 0.15) is 6.04 Å². The summed E-state index contributed by atoms with van der Waals surface area (Å²) in [5.41, 5.74) is 0.964. The highest BCUT2D eigenvalue weighted by molar-refractivity contribution is 5.88. The zero-order chi connectivity index (χ0) is 24.1. The Morgan fingerprint density at radius 2 is 1.76 bits per heavy atom. The molecule has 0 bridgehead atoms. The molecular weight excluding hydrogens is 410 g/mol. The molecule has 5 heteroatoms. The van der Waals surface area contributed by atoms with Gasteiger partial charge in [0, 0.05) is 12.6 Å². The average molecular weight is 458 g/mol. The van der Waals surface area contributed by atoms with E-state index in [0.717, 1.165) is 25.1 Å². The largest absolute Gasteiger partial charge is 0.350 e. The summed E-state index contributed by atoms with van der Waals surface area (Å²) in [5.74, 6) is 0.891. The molecule has 0 radical (unpaired) electrons. The van der Waals surface area contributed by atoms with Gasteiger partial charge in [-0.05, 0) is 50.3 Å². The smallest absolute Gasteiger partial charge is 0.242 e. The number of benzene rings is 1. The van der Waals surface area contributed by atoms with Gasteiger partial charge in [0.2, 0.25) is 11.8 Å². The molecule has 5 nitrogen and oxygen atoms in total. The summed E-state index contributed by atoms with van der Waals surface area (Å²) >= 11 is 0. The molecule has 1 aromatic rings. The zero-order valence-corrected chi connectivity index (χ0v) is 21.4. The van der Waals surface area contributed by atoms with E-state index in [1.165, 1.54) is 44.9 Å². The van der Waals surface area contributed by atoms with E-state index < -0.39 is 6.04 Å². The summed E-state index contributed by atoms with van der Waals surface area (Å²) in [6.45, 7) is 8.33. The number of nitrogens with one attached hydrogen (secondary N) is 2. The summed E-state index contributed by atoms with van der Waals surface area (Å²) in [6.07, 6.45) is 10.8. The van der Waals surface area contributed by atoms with E-state index in [1.807, 2.05) is 30.3 Å². The molecule has 1 saturated carbocycles. The molecule has 0 heterocycles. The van der Waals surface area contributed by atoms with Gasteiger partial charge in [0.25, 0.3) is 0 Å². The molecule has 2 atom stereocenters. The lowest BCUT2D eigenvalue weighted by Crippen LogP contribution is -2.53. The van der Waals surface area contributed by atoms with Crippen molar-refractivity contribution in [1.29, 1.82) is 0 Å². The fourth-order valence-corrected chi connectivity index (χ4v) is 4.93. The van der Waals surface area contributed by atoms with Crippen molar-refractivity contribution in [3.05, 3.63) is 35.9 Å². The standard InChI is InChI=1S/C28H47N3O2/c1-5-6-17-31(4)21-25(19-23-13-9-7-10-14-23)29-28(33)26(18-22(2)3)30-27(32)20-24-15-11-8-12-16-24/h8,11-12,15-16,22-23,25-26H,5-7,9-10,13-14,17-21H2,1-4H3,(H,29,33)(H,30,32)/t25-,26-/m0/s1. The first-order chi connectivity index (χ1) is 15.9. The second-order valence-corrected chi connectivity index (χ2v) is 10.5. The van der Waals surface area contributed by atoms with Crippen LogP contribution in [0.25, 0.3) is 0 Å². The maximum atomic E-state index is 13.4. The molecule has 186 valence electrons. The highest BCUT2D eigenvalue weighted by atomic mass is 16.2. The second kappa shape index (κ2) is 15.1. The first kappa shape index (κ1) is 27.4. The number of hydrogen-bond donors (Lipinski definition) is 2. The normalized spacial score (nSPS) is 16.5. The van der Waals surface area contributed by atoms with Gasteiger partial charge in [0.05, 0.1) is 6.42 Å². The van der Waals surface area contributed by atoms with Crippen LogP contribution >= 0.6 is 0 Å². The molecule has 0 spiro atoms. The Balaban J connectivity index is 2.01. The van der Waals surface area contributed by atoms with Crippen LogP contribution in [0.2, 0.25) is 0 Å². The molecule has 1 aliphatic rings. The minimum atomic E-state index is -0.490. The lowest BCUT2D eigenvalue weighted by molar-refractivity contribution is -0.129. The number of carbonyl (C=O) groups excluding carboxylic acids is 2. The summed E-state index contributed by atoms with van der Waals surface area (Å²) in [7, 11) is 2.16. The number of carbonyl (C=O) groups is 2. The molecule has 0 aliphatic heterocycles. The molecular formula is C28H47N3O2. The van der Waals surface area contributed by atoms with Gasteiger partial charge in [-0.15, -0.1) is 0 Å².